The summed E-state index contributed by atoms with van der Waals surface area (Å²) in [5.41, 5.74) is -0.859. The summed E-state index contributed by atoms with van der Waals surface area (Å²) in [6, 6.07) is 3.50. The predicted molar refractivity (Wildman–Crippen MR) is 125 cm³/mol. The maximum Gasteiger partial charge on any atom is 0.416 e. The first kappa shape index (κ1) is 27.8. The van der Waals surface area contributed by atoms with Gasteiger partial charge in [-0.2, -0.15) is 17.5 Å². The van der Waals surface area contributed by atoms with E-state index in [2.05, 4.69) is 18.5 Å². The van der Waals surface area contributed by atoms with Crippen molar-refractivity contribution in [2.75, 3.05) is 33.8 Å². The number of alkyl halides is 3. The molecule has 0 aliphatic heterocycles. The highest BCUT2D eigenvalue weighted by atomic mass is 32.2. The second-order valence-corrected chi connectivity index (χ2v) is 10.8. The monoisotopic (exact) mass is 490 g/mol. The van der Waals surface area contributed by atoms with Crippen molar-refractivity contribution in [1.29, 1.82) is 0 Å². The minimum absolute atomic E-state index is 0.118. The van der Waals surface area contributed by atoms with Gasteiger partial charge in [-0.15, -0.1) is 6.58 Å². The molecule has 0 atom stereocenters. The maximum atomic E-state index is 12.9. The van der Waals surface area contributed by atoms with Crippen LogP contribution in [-0.2, 0) is 20.9 Å². The number of hydrogen-bond acceptors (Lipinski definition) is 4. The molecule has 0 radical (unpaired) electrons. The Morgan fingerprint density at radius 2 is 1.64 bits per heavy atom. The molecule has 1 aromatic rings. The molecular formula is C24H37F3N2O3S. The van der Waals surface area contributed by atoms with Crippen molar-refractivity contribution >= 4 is 10.0 Å². The van der Waals surface area contributed by atoms with E-state index in [4.69, 9.17) is 4.74 Å². The Kier molecular flexibility index (Phi) is 10.9. The molecule has 5 nitrogen and oxygen atoms in total. The molecule has 0 unspecified atom stereocenters. The first-order valence-corrected chi connectivity index (χ1v) is 13.1. The molecule has 2 rings (SSSR count). The zero-order valence-corrected chi connectivity index (χ0v) is 20.5. The average Bonchev–Trinajstić information content (AvgIpc) is 2.78. The lowest BCUT2D eigenvalue weighted by atomic mass is 9.93. The van der Waals surface area contributed by atoms with E-state index < -0.39 is 21.8 Å². The summed E-state index contributed by atoms with van der Waals surface area (Å²) in [5.74, 6) is 0. The van der Waals surface area contributed by atoms with Crippen LogP contribution in [0.3, 0.4) is 0 Å². The van der Waals surface area contributed by atoms with Crippen molar-refractivity contribution in [3.05, 3.63) is 42.5 Å². The number of halogens is 3. The molecule has 1 aliphatic carbocycles. The number of ether oxygens (including phenoxy) is 1. The Labute approximate surface area is 196 Å². The molecule has 0 amide bonds. The lowest BCUT2D eigenvalue weighted by Gasteiger charge is -2.34. The second kappa shape index (κ2) is 12.9. The Morgan fingerprint density at radius 3 is 2.21 bits per heavy atom. The summed E-state index contributed by atoms with van der Waals surface area (Å²) < 4.78 is 71.2. The zero-order valence-electron chi connectivity index (χ0n) is 19.7. The number of likely N-dealkylation sites (N-methyl/N-ethyl adjacent to an activating group) is 1. The van der Waals surface area contributed by atoms with Gasteiger partial charge in [-0.25, -0.2) is 8.42 Å². The summed E-state index contributed by atoms with van der Waals surface area (Å²) in [7, 11) is -0.246. The SMILES string of the molecule is C=CCN(C)CCCCCCO[C@H]1CC[C@H](N(C)S(=O)(=O)c2ccc(C(F)(F)F)cc2)CC1. The largest absolute Gasteiger partial charge is 0.416 e. The molecule has 0 N–H and O–H groups in total. The highest BCUT2D eigenvalue weighted by Gasteiger charge is 2.34. The number of hydrogen-bond donors (Lipinski definition) is 0. The summed E-state index contributed by atoms with van der Waals surface area (Å²) in [4.78, 5) is 2.13. The van der Waals surface area contributed by atoms with Crippen LogP contribution in [0.4, 0.5) is 13.2 Å². The summed E-state index contributed by atoms with van der Waals surface area (Å²) in [6.07, 6.45) is 4.96. The van der Waals surface area contributed by atoms with Gasteiger partial charge in [0.25, 0.3) is 0 Å². The Morgan fingerprint density at radius 1 is 1.03 bits per heavy atom. The molecule has 9 heteroatoms. The molecule has 1 aliphatic rings. The van der Waals surface area contributed by atoms with E-state index in [1.165, 1.54) is 17.8 Å². The first-order valence-electron chi connectivity index (χ1n) is 11.6. The van der Waals surface area contributed by atoms with Crippen molar-refractivity contribution in [3.63, 3.8) is 0 Å². The number of nitrogens with zero attached hydrogens (tertiary/aromatic N) is 2. The fraction of sp³-hybridized carbons (Fsp3) is 0.667. The third kappa shape index (κ3) is 8.70. The van der Waals surface area contributed by atoms with Gasteiger partial charge in [0, 0.05) is 26.2 Å². The van der Waals surface area contributed by atoms with E-state index in [1.807, 2.05) is 6.08 Å². The van der Waals surface area contributed by atoms with Gasteiger partial charge in [0.1, 0.15) is 0 Å². The van der Waals surface area contributed by atoms with Crippen LogP contribution in [0.5, 0.6) is 0 Å². The van der Waals surface area contributed by atoms with Crippen molar-refractivity contribution in [2.45, 2.75) is 74.6 Å². The van der Waals surface area contributed by atoms with Crippen LogP contribution in [0.15, 0.2) is 41.8 Å². The van der Waals surface area contributed by atoms with Crippen LogP contribution in [0.25, 0.3) is 0 Å². The quantitative estimate of drug-likeness (QED) is 0.277. The van der Waals surface area contributed by atoms with E-state index >= 15 is 0 Å². The fourth-order valence-electron chi connectivity index (χ4n) is 4.15. The molecule has 33 heavy (non-hydrogen) atoms. The predicted octanol–water partition coefficient (Wildman–Crippen LogP) is 5.33. The van der Waals surface area contributed by atoms with E-state index in [0.717, 1.165) is 76.1 Å². The van der Waals surface area contributed by atoms with Crippen LogP contribution in [-0.4, -0.2) is 63.6 Å². The zero-order chi connectivity index (χ0) is 24.5. The number of sulfonamides is 1. The van der Waals surface area contributed by atoms with E-state index in [-0.39, 0.29) is 17.0 Å². The van der Waals surface area contributed by atoms with Gasteiger partial charge in [0.2, 0.25) is 10.0 Å². The summed E-state index contributed by atoms with van der Waals surface area (Å²) >= 11 is 0. The summed E-state index contributed by atoms with van der Waals surface area (Å²) in [6.45, 7) is 6.44. The van der Waals surface area contributed by atoms with Crippen LogP contribution < -0.4 is 0 Å². The van der Waals surface area contributed by atoms with E-state index in [0.29, 0.717) is 12.8 Å². The summed E-state index contributed by atoms with van der Waals surface area (Å²) in [5, 5.41) is 0. The van der Waals surface area contributed by atoms with Gasteiger partial charge in [-0.3, -0.25) is 0 Å². The van der Waals surface area contributed by atoms with Gasteiger partial charge < -0.3 is 9.64 Å². The van der Waals surface area contributed by atoms with E-state index in [1.54, 1.807) is 0 Å². The number of unbranched alkanes of at least 4 members (excludes halogenated alkanes) is 3. The average molecular weight is 491 g/mol. The van der Waals surface area contributed by atoms with Crippen molar-refractivity contribution in [1.82, 2.24) is 9.21 Å². The van der Waals surface area contributed by atoms with Gasteiger partial charge >= 0.3 is 6.18 Å². The molecule has 0 saturated heterocycles. The third-order valence-corrected chi connectivity index (χ3v) is 8.17. The normalized spacial score (nSPS) is 19.8. The highest BCUT2D eigenvalue weighted by Crippen LogP contribution is 2.32. The number of benzene rings is 1. The second-order valence-electron chi connectivity index (χ2n) is 8.81. The molecule has 1 aromatic carbocycles. The molecule has 0 spiro atoms. The molecule has 1 saturated carbocycles. The maximum absolute atomic E-state index is 12.9. The Bertz CT molecular complexity index is 820. The van der Waals surface area contributed by atoms with Crippen molar-refractivity contribution < 1.29 is 26.3 Å². The van der Waals surface area contributed by atoms with Crippen molar-refractivity contribution in [3.8, 4) is 0 Å². The number of rotatable bonds is 13. The molecule has 0 aromatic heterocycles. The van der Waals surface area contributed by atoms with Crippen LogP contribution in [0.1, 0.15) is 56.9 Å². The molecular weight excluding hydrogens is 453 g/mol. The minimum atomic E-state index is -4.49. The third-order valence-electron chi connectivity index (χ3n) is 6.25. The van der Waals surface area contributed by atoms with Crippen molar-refractivity contribution in [2.24, 2.45) is 0 Å². The highest BCUT2D eigenvalue weighted by molar-refractivity contribution is 7.89. The molecule has 0 bridgehead atoms. The van der Waals surface area contributed by atoms with Gasteiger partial charge in [-0.05, 0) is 76.4 Å². The van der Waals surface area contributed by atoms with Crippen LogP contribution >= 0.6 is 0 Å². The van der Waals surface area contributed by atoms with Gasteiger partial charge in [-0.1, -0.05) is 18.9 Å². The smallest absolute Gasteiger partial charge is 0.378 e. The molecule has 188 valence electrons. The van der Waals surface area contributed by atoms with Gasteiger partial charge in [0.15, 0.2) is 0 Å². The Balaban J connectivity index is 1.70. The van der Waals surface area contributed by atoms with Crippen LogP contribution in [0.2, 0.25) is 0 Å². The molecule has 0 heterocycles. The topological polar surface area (TPSA) is 49.9 Å². The Hall–Kier alpha value is -1.42. The van der Waals surface area contributed by atoms with Gasteiger partial charge in [0.05, 0.1) is 16.6 Å². The standard InChI is InChI=1S/C24H37F3N2O3S/c1-4-17-28(2)18-7-5-6-8-19-32-22-13-11-21(12-14-22)29(3)33(30,31)23-15-9-20(10-16-23)24(25,26)27/h4,9-10,15-16,21-22H,1,5-8,11-14,17-19H2,2-3H3/t21-,22-. The lowest BCUT2D eigenvalue weighted by molar-refractivity contribution is -0.137. The molecule has 1 fully saturated rings. The lowest BCUT2D eigenvalue weighted by Crippen LogP contribution is -2.40. The fourth-order valence-corrected chi connectivity index (χ4v) is 5.57. The minimum Gasteiger partial charge on any atom is -0.378 e. The first-order chi connectivity index (χ1) is 15.6. The van der Waals surface area contributed by atoms with E-state index in [9.17, 15) is 21.6 Å². The van der Waals surface area contributed by atoms with Crippen LogP contribution in [0, 0.1) is 0 Å².